The Morgan fingerprint density at radius 1 is 1.33 bits per heavy atom. The summed E-state index contributed by atoms with van der Waals surface area (Å²) >= 11 is 0. The molecule has 0 aliphatic heterocycles. The van der Waals surface area contributed by atoms with Crippen molar-refractivity contribution in [3.05, 3.63) is 0 Å². The Balaban J connectivity index is 2.19. The standard InChI is InChI=1S/C8H17N/c1-6-5-7(6)9-8(2,3)4/h6-7,9H,5H2,1-4H3. The number of nitrogens with one attached hydrogen (secondary N) is 1. The van der Waals surface area contributed by atoms with E-state index in [4.69, 9.17) is 0 Å². The van der Waals surface area contributed by atoms with E-state index in [2.05, 4.69) is 33.0 Å². The van der Waals surface area contributed by atoms with Crippen LogP contribution in [-0.2, 0) is 0 Å². The van der Waals surface area contributed by atoms with Gasteiger partial charge in [-0.1, -0.05) is 6.92 Å². The molecule has 2 unspecified atom stereocenters. The van der Waals surface area contributed by atoms with E-state index in [1.165, 1.54) is 6.42 Å². The lowest BCUT2D eigenvalue weighted by Gasteiger charge is -2.20. The van der Waals surface area contributed by atoms with E-state index < -0.39 is 0 Å². The van der Waals surface area contributed by atoms with Crippen molar-refractivity contribution in [1.29, 1.82) is 0 Å². The van der Waals surface area contributed by atoms with Crippen molar-refractivity contribution in [2.45, 2.75) is 45.7 Å². The molecule has 1 rings (SSSR count). The summed E-state index contributed by atoms with van der Waals surface area (Å²) < 4.78 is 0. The third kappa shape index (κ3) is 2.35. The second kappa shape index (κ2) is 1.98. The molecule has 0 bridgehead atoms. The van der Waals surface area contributed by atoms with E-state index in [1.54, 1.807) is 0 Å². The first-order valence-corrected chi connectivity index (χ1v) is 3.77. The highest BCUT2D eigenvalue weighted by Gasteiger charge is 2.34. The fraction of sp³-hybridized carbons (Fsp3) is 1.00. The van der Waals surface area contributed by atoms with Crippen LogP contribution in [0.3, 0.4) is 0 Å². The van der Waals surface area contributed by atoms with Gasteiger partial charge in [0, 0.05) is 11.6 Å². The molecule has 1 aliphatic rings. The molecule has 0 radical (unpaired) electrons. The summed E-state index contributed by atoms with van der Waals surface area (Å²) in [5.74, 6) is 0.921. The molecule has 0 saturated heterocycles. The van der Waals surface area contributed by atoms with Crippen LogP contribution in [0.2, 0.25) is 0 Å². The molecule has 54 valence electrons. The van der Waals surface area contributed by atoms with Crippen molar-refractivity contribution in [3.8, 4) is 0 Å². The van der Waals surface area contributed by atoms with Gasteiger partial charge in [0.25, 0.3) is 0 Å². The molecule has 0 aromatic rings. The van der Waals surface area contributed by atoms with E-state index in [1.807, 2.05) is 0 Å². The van der Waals surface area contributed by atoms with Gasteiger partial charge < -0.3 is 5.32 Å². The van der Waals surface area contributed by atoms with E-state index in [9.17, 15) is 0 Å². The Morgan fingerprint density at radius 3 is 1.89 bits per heavy atom. The first kappa shape index (κ1) is 7.07. The zero-order valence-corrected chi connectivity index (χ0v) is 6.86. The molecule has 2 atom stereocenters. The third-order valence-corrected chi connectivity index (χ3v) is 1.73. The van der Waals surface area contributed by atoms with Crippen LogP contribution in [0.1, 0.15) is 34.1 Å². The number of hydrogen-bond donors (Lipinski definition) is 1. The number of hydrogen-bond acceptors (Lipinski definition) is 1. The topological polar surface area (TPSA) is 12.0 Å². The van der Waals surface area contributed by atoms with Crippen LogP contribution in [-0.4, -0.2) is 11.6 Å². The van der Waals surface area contributed by atoms with Gasteiger partial charge in [-0.15, -0.1) is 0 Å². The summed E-state index contributed by atoms with van der Waals surface area (Å²) in [5, 5.41) is 3.54. The molecule has 0 amide bonds. The lowest BCUT2D eigenvalue weighted by atomic mass is 10.1. The maximum Gasteiger partial charge on any atom is 0.0101 e. The maximum atomic E-state index is 3.54. The summed E-state index contributed by atoms with van der Waals surface area (Å²) in [6.07, 6.45) is 1.37. The van der Waals surface area contributed by atoms with E-state index in [-0.39, 0.29) is 0 Å². The predicted molar refractivity (Wildman–Crippen MR) is 40.5 cm³/mol. The molecule has 1 heteroatoms. The predicted octanol–water partition coefficient (Wildman–Crippen LogP) is 1.78. The lowest BCUT2D eigenvalue weighted by Crippen LogP contribution is -2.38. The van der Waals surface area contributed by atoms with Gasteiger partial charge >= 0.3 is 0 Å². The summed E-state index contributed by atoms with van der Waals surface area (Å²) in [4.78, 5) is 0. The first-order chi connectivity index (χ1) is 3.99. The fourth-order valence-electron chi connectivity index (χ4n) is 1.08. The molecule has 1 fully saturated rings. The van der Waals surface area contributed by atoms with Crippen LogP contribution in [0, 0.1) is 5.92 Å². The van der Waals surface area contributed by atoms with Gasteiger partial charge in [-0.2, -0.15) is 0 Å². The van der Waals surface area contributed by atoms with Gasteiger partial charge in [-0.05, 0) is 33.1 Å². The Kier molecular flexibility index (Phi) is 1.55. The molecule has 1 aliphatic carbocycles. The van der Waals surface area contributed by atoms with Gasteiger partial charge in [-0.3, -0.25) is 0 Å². The van der Waals surface area contributed by atoms with Gasteiger partial charge in [0.05, 0.1) is 0 Å². The van der Waals surface area contributed by atoms with Crippen LogP contribution >= 0.6 is 0 Å². The molecule has 1 saturated carbocycles. The van der Waals surface area contributed by atoms with Crippen LogP contribution in [0.25, 0.3) is 0 Å². The van der Waals surface area contributed by atoms with Crippen LogP contribution in [0.15, 0.2) is 0 Å². The second-order valence-corrected chi connectivity index (χ2v) is 4.21. The average molecular weight is 127 g/mol. The highest BCUT2D eigenvalue weighted by Crippen LogP contribution is 2.30. The van der Waals surface area contributed by atoms with E-state index >= 15 is 0 Å². The first-order valence-electron chi connectivity index (χ1n) is 3.77. The Hall–Kier alpha value is -0.0400. The van der Waals surface area contributed by atoms with Crippen molar-refractivity contribution < 1.29 is 0 Å². The molecular formula is C8H17N. The fourth-order valence-corrected chi connectivity index (χ4v) is 1.08. The summed E-state index contributed by atoms with van der Waals surface area (Å²) in [5.41, 5.74) is 0.315. The van der Waals surface area contributed by atoms with Gasteiger partial charge in [0.1, 0.15) is 0 Å². The second-order valence-electron chi connectivity index (χ2n) is 4.21. The Bertz CT molecular complexity index is 102. The monoisotopic (exact) mass is 127 g/mol. The molecule has 1 N–H and O–H groups in total. The highest BCUT2D eigenvalue weighted by molar-refractivity contribution is 4.93. The smallest absolute Gasteiger partial charge is 0.0101 e. The SMILES string of the molecule is CC1CC1NC(C)(C)C. The van der Waals surface area contributed by atoms with Gasteiger partial charge in [-0.25, -0.2) is 0 Å². The van der Waals surface area contributed by atoms with Crippen molar-refractivity contribution in [2.24, 2.45) is 5.92 Å². The highest BCUT2D eigenvalue weighted by atomic mass is 15.0. The molecule has 1 nitrogen and oxygen atoms in total. The Labute approximate surface area is 57.8 Å². The zero-order chi connectivity index (χ0) is 7.07. The van der Waals surface area contributed by atoms with Gasteiger partial charge in [0.2, 0.25) is 0 Å². The minimum atomic E-state index is 0.315. The molecule has 9 heavy (non-hydrogen) atoms. The van der Waals surface area contributed by atoms with Crippen LogP contribution in [0.4, 0.5) is 0 Å². The minimum Gasteiger partial charge on any atom is -0.309 e. The lowest BCUT2D eigenvalue weighted by molar-refractivity contribution is 0.413. The molecule has 0 spiro atoms. The van der Waals surface area contributed by atoms with Crippen molar-refractivity contribution >= 4 is 0 Å². The summed E-state index contributed by atoms with van der Waals surface area (Å²) in [6.45, 7) is 8.96. The average Bonchev–Trinajstić information content (AvgIpc) is 2.13. The molecule has 0 aromatic heterocycles. The quantitative estimate of drug-likeness (QED) is 0.566. The molecule has 0 heterocycles. The summed E-state index contributed by atoms with van der Waals surface area (Å²) in [7, 11) is 0. The Morgan fingerprint density at radius 2 is 1.78 bits per heavy atom. The zero-order valence-electron chi connectivity index (χ0n) is 6.86. The minimum absolute atomic E-state index is 0.315. The van der Waals surface area contributed by atoms with Crippen LogP contribution < -0.4 is 5.32 Å². The van der Waals surface area contributed by atoms with Gasteiger partial charge in [0.15, 0.2) is 0 Å². The maximum absolute atomic E-state index is 3.54. The van der Waals surface area contributed by atoms with Crippen LogP contribution in [0.5, 0.6) is 0 Å². The molecular weight excluding hydrogens is 110 g/mol. The number of rotatable bonds is 1. The normalized spacial score (nSPS) is 34.7. The van der Waals surface area contributed by atoms with Crippen molar-refractivity contribution in [1.82, 2.24) is 5.32 Å². The third-order valence-electron chi connectivity index (χ3n) is 1.73. The van der Waals surface area contributed by atoms with Crippen molar-refractivity contribution in [3.63, 3.8) is 0 Å². The van der Waals surface area contributed by atoms with Crippen molar-refractivity contribution in [2.75, 3.05) is 0 Å². The largest absolute Gasteiger partial charge is 0.309 e. The van der Waals surface area contributed by atoms with E-state index in [0.29, 0.717) is 5.54 Å². The van der Waals surface area contributed by atoms with E-state index in [0.717, 1.165) is 12.0 Å². The molecule has 0 aromatic carbocycles. The summed E-state index contributed by atoms with van der Waals surface area (Å²) in [6, 6.07) is 0.810.